The third-order valence-corrected chi connectivity index (χ3v) is 6.44. The number of aromatic nitrogens is 2. The summed E-state index contributed by atoms with van der Waals surface area (Å²) in [5, 5.41) is 12.6. The number of benzene rings is 3. The van der Waals surface area contributed by atoms with Crippen LogP contribution < -0.4 is 10.6 Å². The van der Waals surface area contributed by atoms with E-state index in [-0.39, 0.29) is 5.91 Å². The summed E-state index contributed by atoms with van der Waals surface area (Å²) in [7, 11) is 0. The molecule has 1 aromatic heterocycles. The van der Waals surface area contributed by atoms with E-state index in [1.54, 1.807) is 0 Å². The van der Waals surface area contributed by atoms with E-state index < -0.39 is 0 Å². The summed E-state index contributed by atoms with van der Waals surface area (Å²) in [6, 6.07) is 21.2. The van der Waals surface area contributed by atoms with Gasteiger partial charge in [-0.25, -0.2) is 4.68 Å². The zero-order valence-electron chi connectivity index (χ0n) is 19.4. The highest BCUT2D eigenvalue weighted by molar-refractivity contribution is 6.33. The first kappa shape index (κ1) is 23.4. The van der Waals surface area contributed by atoms with Crippen molar-refractivity contribution in [2.24, 2.45) is 0 Å². The van der Waals surface area contributed by atoms with Crippen molar-refractivity contribution in [2.75, 3.05) is 44.7 Å². The molecule has 1 fully saturated rings. The van der Waals surface area contributed by atoms with Crippen LogP contribution in [0.4, 0.5) is 11.4 Å². The van der Waals surface area contributed by atoms with Gasteiger partial charge in [0.1, 0.15) is 0 Å². The Balaban J connectivity index is 1.25. The first-order valence-corrected chi connectivity index (χ1v) is 12.2. The number of nitrogens with zero attached hydrogens (tertiary/aromatic N) is 3. The van der Waals surface area contributed by atoms with E-state index in [0.717, 1.165) is 67.2 Å². The summed E-state index contributed by atoms with van der Waals surface area (Å²) in [4.78, 5) is 15.1. The molecule has 0 radical (unpaired) electrons. The summed E-state index contributed by atoms with van der Waals surface area (Å²) in [6.45, 7) is 5.13. The smallest absolute Gasteiger partial charge is 0.251 e. The molecule has 4 aromatic rings. The Morgan fingerprint density at radius 1 is 1.03 bits per heavy atom. The predicted octanol–water partition coefficient (Wildman–Crippen LogP) is 4.87. The molecule has 3 aromatic carbocycles. The average Bonchev–Trinajstić information content (AvgIpc) is 3.32. The molecule has 2 N–H and O–H groups in total. The Morgan fingerprint density at radius 2 is 1.89 bits per heavy atom. The fourth-order valence-corrected chi connectivity index (χ4v) is 4.43. The van der Waals surface area contributed by atoms with Gasteiger partial charge >= 0.3 is 0 Å². The van der Waals surface area contributed by atoms with Gasteiger partial charge in [0.2, 0.25) is 0 Å². The molecule has 0 bridgehead atoms. The molecule has 1 aliphatic rings. The molecule has 1 saturated heterocycles. The van der Waals surface area contributed by atoms with Crippen LogP contribution in [0, 0.1) is 0 Å². The second-order valence-corrected chi connectivity index (χ2v) is 8.96. The SMILES string of the molecule is O=C(NCCCN1CCOCC1)c1cccc(-n2ncc3cc(Nc4ccccc4Cl)ccc32)c1. The Hall–Kier alpha value is -3.39. The summed E-state index contributed by atoms with van der Waals surface area (Å²) < 4.78 is 7.23. The number of hydrogen-bond acceptors (Lipinski definition) is 5. The van der Waals surface area contributed by atoms with Crippen LogP contribution in [0.5, 0.6) is 0 Å². The summed E-state index contributed by atoms with van der Waals surface area (Å²) >= 11 is 6.27. The van der Waals surface area contributed by atoms with Crippen LogP contribution in [0.3, 0.4) is 0 Å². The molecule has 0 unspecified atom stereocenters. The predicted molar refractivity (Wildman–Crippen MR) is 140 cm³/mol. The maximum Gasteiger partial charge on any atom is 0.251 e. The van der Waals surface area contributed by atoms with E-state index in [1.807, 2.05) is 77.6 Å². The number of carbonyl (C=O) groups is 1. The number of amides is 1. The topological polar surface area (TPSA) is 71.4 Å². The van der Waals surface area contributed by atoms with Crippen molar-refractivity contribution in [1.29, 1.82) is 0 Å². The number of anilines is 2. The Kier molecular flexibility index (Phi) is 7.28. The van der Waals surface area contributed by atoms with Gasteiger partial charge in [0.15, 0.2) is 0 Å². The van der Waals surface area contributed by atoms with Crippen LogP contribution in [-0.2, 0) is 4.74 Å². The van der Waals surface area contributed by atoms with E-state index in [4.69, 9.17) is 16.3 Å². The monoisotopic (exact) mass is 489 g/mol. The van der Waals surface area contributed by atoms with Gasteiger partial charge in [-0.3, -0.25) is 9.69 Å². The molecular formula is C27H28ClN5O2. The number of para-hydroxylation sites is 1. The van der Waals surface area contributed by atoms with E-state index in [0.29, 0.717) is 17.1 Å². The second-order valence-electron chi connectivity index (χ2n) is 8.55. The highest BCUT2D eigenvalue weighted by Crippen LogP contribution is 2.28. The number of nitrogens with one attached hydrogen (secondary N) is 2. The normalized spacial score (nSPS) is 14.2. The van der Waals surface area contributed by atoms with Crippen LogP contribution in [0.25, 0.3) is 16.6 Å². The second kappa shape index (κ2) is 10.9. The molecule has 0 atom stereocenters. The molecule has 0 saturated carbocycles. The largest absolute Gasteiger partial charge is 0.379 e. The van der Waals surface area contributed by atoms with Crippen molar-refractivity contribution in [1.82, 2.24) is 20.0 Å². The number of halogens is 1. The van der Waals surface area contributed by atoms with Crippen molar-refractivity contribution in [3.8, 4) is 5.69 Å². The number of hydrogen-bond donors (Lipinski definition) is 2. The van der Waals surface area contributed by atoms with Gasteiger partial charge in [-0.2, -0.15) is 5.10 Å². The lowest BCUT2D eigenvalue weighted by Gasteiger charge is -2.26. The van der Waals surface area contributed by atoms with E-state index in [2.05, 4.69) is 20.6 Å². The molecule has 5 rings (SSSR count). The molecule has 8 heteroatoms. The summed E-state index contributed by atoms with van der Waals surface area (Å²) in [6.07, 6.45) is 2.74. The zero-order chi connectivity index (χ0) is 24.0. The number of ether oxygens (including phenoxy) is 1. The third-order valence-electron chi connectivity index (χ3n) is 6.11. The van der Waals surface area contributed by atoms with Crippen LogP contribution >= 0.6 is 11.6 Å². The minimum absolute atomic E-state index is 0.0727. The molecule has 1 aliphatic heterocycles. The Morgan fingerprint density at radius 3 is 2.74 bits per heavy atom. The van der Waals surface area contributed by atoms with Gasteiger partial charge in [0.25, 0.3) is 5.91 Å². The molecule has 35 heavy (non-hydrogen) atoms. The molecule has 2 heterocycles. The van der Waals surface area contributed by atoms with Gasteiger partial charge in [-0.05, 0) is 61.5 Å². The maximum absolute atomic E-state index is 12.7. The highest BCUT2D eigenvalue weighted by Gasteiger charge is 2.12. The number of morpholine rings is 1. The number of fused-ring (bicyclic) bond motifs is 1. The molecule has 180 valence electrons. The lowest BCUT2D eigenvalue weighted by Crippen LogP contribution is -2.38. The van der Waals surface area contributed by atoms with Crippen molar-refractivity contribution >= 4 is 39.8 Å². The van der Waals surface area contributed by atoms with Gasteiger partial charge in [0, 0.05) is 36.3 Å². The van der Waals surface area contributed by atoms with Crippen molar-refractivity contribution in [2.45, 2.75) is 6.42 Å². The number of carbonyl (C=O) groups excluding carboxylic acids is 1. The van der Waals surface area contributed by atoms with Crippen molar-refractivity contribution in [3.63, 3.8) is 0 Å². The summed E-state index contributed by atoms with van der Waals surface area (Å²) in [5.41, 5.74) is 4.19. The lowest BCUT2D eigenvalue weighted by atomic mass is 10.1. The summed E-state index contributed by atoms with van der Waals surface area (Å²) in [5.74, 6) is -0.0727. The number of rotatable bonds is 8. The van der Waals surface area contributed by atoms with Crippen LogP contribution in [0.2, 0.25) is 5.02 Å². The molecular weight excluding hydrogens is 462 g/mol. The molecule has 7 nitrogen and oxygen atoms in total. The van der Waals surface area contributed by atoms with Gasteiger partial charge in [-0.1, -0.05) is 29.8 Å². The first-order valence-electron chi connectivity index (χ1n) is 11.9. The lowest BCUT2D eigenvalue weighted by molar-refractivity contribution is 0.0374. The van der Waals surface area contributed by atoms with Crippen LogP contribution in [-0.4, -0.2) is 60.0 Å². The Bertz CT molecular complexity index is 1320. The maximum atomic E-state index is 12.7. The van der Waals surface area contributed by atoms with Gasteiger partial charge in [-0.15, -0.1) is 0 Å². The van der Waals surface area contributed by atoms with E-state index >= 15 is 0 Å². The van der Waals surface area contributed by atoms with Gasteiger partial charge in [0.05, 0.1) is 41.3 Å². The minimum atomic E-state index is -0.0727. The molecule has 0 aliphatic carbocycles. The van der Waals surface area contributed by atoms with Gasteiger partial charge < -0.3 is 15.4 Å². The quantitative estimate of drug-likeness (QED) is 0.345. The fourth-order valence-electron chi connectivity index (χ4n) is 4.24. The fraction of sp³-hybridized carbons (Fsp3) is 0.259. The first-order chi connectivity index (χ1) is 17.2. The third kappa shape index (κ3) is 5.65. The van der Waals surface area contributed by atoms with E-state index in [9.17, 15) is 4.79 Å². The Labute approximate surface area is 209 Å². The van der Waals surface area contributed by atoms with Crippen LogP contribution in [0.1, 0.15) is 16.8 Å². The van der Waals surface area contributed by atoms with Crippen molar-refractivity contribution < 1.29 is 9.53 Å². The van der Waals surface area contributed by atoms with Crippen molar-refractivity contribution in [3.05, 3.63) is 83.5 Å². The van der Waals surface area contributed by atoms with Crippen LogP contribution in [0.15, 0.2) is 72.9 Å². The standard InChI is InChI=1S/C27H28ClN5O2/c28-24-7-1-2-8-25(24)31-22-9-10-26-21(17-22)19-30-33(26)23-6-3-5-20(18-23)27(34)29-11-4-12-32-13-15-35-16-14-32/h1-3,5-10,17-19,31H,4,11-16H2,(H,29,34). The van der Waals surface area contributed by atoms with E-state index in [1.165, 1.54) is 0 Å². The minimum Gasteiger partial charge on any atom is -0.379 e. The highest BCUT2D eigenvalue weighted by atomic mass is 35.5. The average molecular weight is 490 g/mol. The molecule has 0 spiro atoms. The zero-order valence-corrected chi connectivity index (χ0v) is 20.2. The molecule has 1 amide bonds.